The molecule has 0 saturated carbocycles. The number of amides is 5. The minimum absolute atomic E-state index is 0.00102. The van der Waals surface area contributed by atoms with Crippen LogP contribution >= 0.6 is 11.8 Å². The fourth-order valence-electron chi connectivity index (χ4n) is 6.27. The van der Waals surface area contributed by atoms with Crippen LogP contribution in [-0.4, -0.2) is 124 Å². The van der Waals surface area contributed by atoms with Crippen LogP contribution in [0.4, 0.5) is 0 Å². The fraction of sp³-hybridized carbons (Fsp3) is 0.649. The van der Waals surface area contributed by atoms with E-state index in [0.717, 1.165) is 0 Å². The summed E-state index contributed by atoms with van der Waals surface area (Å²) >= 11 is 1.43. The summed E-state index contributed by atoms with van der Waals surface area (Å²) in [7, 11) is 0. The van der Waals surface area contributed by atoms with Crippen LogP contribution < -0.4 is 44.2 Å². The average Bonchev–Trinajstić information content (AvgIpc) is 3.65. The van der Waals surface area contributed by atoms with Gasteiger partial charge in [-0.2, -0.15) is 11.8 Å². The number of thioether (sulfide) groups is 1. The molecule has 0 unspecified atom stereocenters. The van der Waals surface area contributed by atoms with Gasteiger partial charge < -0.3 is 59.3 Å². The Morgan fingerprint density at radius 1 is 0.857 bits per heavy atom. The number of unbranched alkanes of at least 4 members (excludes halogenated alkanes) is 1. The second kappa shape index (κ2) is 24.8. The Morgan fingerprint density at radius 2 is 1.46 bits per heavy atom. The molecular weight excluding hydrogens is 745 g/mol. The van der Waals surface area contributed by atoms with Gasteiger partial charge in [-0.3, -0.25) is 29.0 Å². The molecule has 1 aromatic carbocycles. The Morgan fingerprint density at radius 3 is 2.07 bits per heavy atom. The van der Waals surface area contributed by atoms with Crippen LogP contribution in [-0.2, 0) is 35.2 Å². The number of carbonyl (C=O) groups is 6. The van der Waals surface area contributed by atoms with Gasteiger partial charge in [-0.15, -0.1) is 0 Å². The number of carboxylic acid groups (broad SMARTS) is 1. The van der Waals surface area contributed by atoms with Gasteiger partial charge in [0, 0.05) is 19.5 Å². The van der Waals surface area contributed by atoms with Gasteiger partial charge >= 0.3 is 5.97 Å². The molecule has 314 valence electrons. The van der Waals surface area contributed by atoms with Crippen LogP contribution in [0.25, 0.3) is 0 Å². The van der Waals surface area contributed by atoms with Gasteiger partial charge in [-0.05, 0) is 93.5 Å². The molecule has 19 heteroatoms. The predicted octanol–water partition coefficient (Wildman–Crippen LogP) is -0.741. The van der Waals surface area contributed by atoms with Crippen LogP contribution in [0, 0.1) is 5.92 Å². The molecule has 2 rings (SSSR count). The summed E-state index contributed by atoms with van der Waals surface area (Å²) in [5.41, 5.74) is 23.1. The Bertz CT molecular complexity index is 1480. The summed E-state index contributed by atoms with van der Waals surface area (Å²) in [6.45, 7) is 4.59. The van der Waals surface area contributed by atoms with Gasteiger partial charge in [0.25, 0.3) is 0 Å². The third-order valence-corrected chi connectivity index (χ3v) is 9.92. The van der Waals surface area contributed by atoms with E-state index in [4.69, 9.17) is 22.9 Å². The summed E-state index contributed by atoms with van der Waals surface area (Å²) < 4.78 is 0. The number of nitrogens with zero attached hydrogens (tertiary/aromatic N) is 2. The first-order valence-corrected chi connectivity index (χ1v) is 20.5. The molecule has 56 heavy (non-hydrogen) atoms. The molecular formula is C37H62N10O8S. The van der Waals surface area contributed by atoms with Crippen LogP contribution in [0.1, 0.15) is 77.2 Å². The van der Waals surface area contributed by atoms with Crippen molar-refractivity contribution in [3.63, 3.8) is 0 Å². The highest BCUT2D eigenvalue weighted by molar-refractivity contribution is 7.98. The zero-order valence-electron chi connectivity index (χ0n) is 32.7. The SMILES string of the molecule is CSCC[C@H](NC(=O)[C@H](Cc1ccc(O)cc1)NC(=O)[C@H](CC(C)C)NC(=O)[C@@H](N)CCCCN)C(=O)N[C@@H](CCCN=C(N)N)C(=O)N1CCC[C@H]1C(=O)O. The van der Waals surface area contributed by atoms with Gasteiger partial charge in [0.05, 0.1) is 6.04 Å². The zero-order chi connectivity index (χ0) is 41.8. The maximum Gasteiger partial charge on any atom is 0.326 e. The Kier molecular flexibility index (Phi) is 21.1. The second-order valence-electron chi connectivity index (χ2n) is 14.4. The number of phenolic OH excluding ortho intramolecular Hbond substituents is 1. The third kappa shape index (κ3) is 16.6. The first-order chi connectivity index (χ1) is 26.6. The second-order valence-corrected chi connectivity index (χ2v) is 15.4. The van der Waals surface area contributed by atoms with E-state index in [-0.39, 0.29) is 69.2 Å². The number of rotatable bonds is 25. The molecule has 1 aromatic rings. The monoisotopic (exact) mass is 806 g/mol. The number of aromatic hydroxyl groups is 1. The zero-order valence-corrected chi connectivity index (χ0v) is 33.5. The van der Waals surface area contributed by atoms with Gasteiger partial charge in [0.2, 0.25) is 29.5 Å². The third-order valence-electron chi connectivity index (χ3n) is 9.28. The lowest BCUT2D eigenvalue weighted by Crippen LogP contribution is -2.59. The Labute approximate surface area is 333 Å². The quantitative estimate of drug-likeness (QED) is 0.0331. The van der Waals surface area contributed by atoms with E-state index in [2.05, 4.69) is 26.3 Å². The molecule has 0 radical (unpaired) electrons. The minimum atomic E-state index is -1.24. The summed E-state index contributed by atoms with van der Waals surface area (Å²) in [5, 5.41) is 30.6. The summed E-state index contributed by atoms with van der Waals surface area (Å²) in [6.07, 6.45) is 5.05. The lowest BCUT2D eigenvalue weighted by molar-refractivity contribution is -0.149. The highest BCUT2D eigenvalue weighted by Crippen LogP contribution is 2.20. The number of guanidine groups is 1. The van der Waals surface area contributed by atoms with E-state index in [1.807, 2.05) is 20.1 Å². The van der Waals surface area contributed by atoms with Crippen LogP contribution in [0.2, 0.25) is 0 Å². The Hall–Kier alpha value is -4.62. The molecule has 6 atom stereocenters. The summed E-state index contributed by atoms with van der Waals surface area (Å²) in [6, 6.07) is -0.398. The summed E-state index contributed by atoms with van der Waals surface area (Å²) in [4.78, 5) is 85.7. The van der Waals surface area contributed by atoms with E-state index in [0.29, 0.717) is 43.5 Å². The van der Waals surface area contributed by atoms with E-state index in [1.54, 1.807) is 12.1 Å². The van der Waals surface area contributed by atoms with Crippen molar-refractivity contribution < 1.29 is 39.0 Å². The number of aliphatic carboxylic acids is 1. The van der Waals surface area contributed by atoms with Crippen LogP contribution in [0.5, 0.6) is 5.75 Å². The molecule has 1 saturated heterocycles. The van der Waals surface area contributed by atoms with Gasteiger partial charge in [-0.1, -0.05) is 32.4 Å². The van der Waals surface area contributed by atoms with E-state index in [9.17, 15) is 39.0 Å². The van der Waals surface area contributed by atoms with Gasteiger partial charge in [-0.25, -0.2) is 4.79 Å². The molecule has 1 aliphatic heterocycles. The van der Waals surface area contributed by atoms with E-state index in [1.165, 1.54) is 28.8 Å². The van der Waals surface area contributed by atoms with Crippen molar-refractivity contribution in [3.8, 4) is 5.75 Å². The van der Waals surface area contributed by atoms with Crippen molar-refractivity contribution in [1.29, 1.82) is 0 Å². The largest absolute Gasteiger partial charge is 0.508 e. The number of benzene rings is 1. The molecule has 0 aromatic heterocycles. The lowest BCUT2D eigenvalue weighted by Gasteiger charge is -2.29. The maximum absolute atomic E-state index is 14.1. The molecule has 18 nitrogen and oxygen atoms in total. The van der Waals surface area contributed by atoms with Crippen molar-refractivity contribution in [2.75, 3.05) is 31.6 Å². The van der Waals surface area contributed by atoms with Crippen molar-refractivity contribution in [1.82, 2.24) is 26.2 Å². The number of likely N-dealkylation sites (tertiary alicyclic amines) is 1. The number of aliphatic imine (C=N–C) groups is 1. The fourth-order valence-corrected chi connectivity index (χ4v) is 6.74. The molecule has 0 bridgehead atoms. The van der Waals surface area contributed by atoms with Crippen molar-refractivity contribution >= 4 is 53.2 Å². The first-order valence-electron chi connectivity index (χ1n) is 19.1. The number of carbonyl (C=O) groups excluding carboxylic acids is 5. The molecule has 0 spiro atoms. The highest BCUT2D eigenvalue weighted by Gasteiger charge is 2.38. The number of phenols is 1. The van der Waals surface area contributed by atoms with Crippen LogP contribution in [0.15, 0.2) is 29.3 Å². The lowest BCUT2D eigenvalue weighted by atomic mass is 10.00. The smallest absolute Gasteiger partial charge is 0.326 e. The van der Waals surface area contributed by atoms with Crippen molar-refractivity contribution in [2.24, 2.45) is 33.8 Å². The normalized spacial score (nSPS) is 16.5. The molecule has 14 N–H and O–H groups in total. The van der Waals surface area contributed by atoms with Crippen molar-refractivity contribution in [3.05, 3.63) is 29.8 Å². The van der Waals surface area contributed by atoms with E-state index >= 15 is 0 Å². The van der Waals surface area contributed by atoms with Gasteiger partial charge in [0.15, 0.2) is 5.96 Å². The standard InChI is InChI=1S/C37H62N10O8S/c1-22(2)20-28(45-31(49)25(39)8-4-5-16-38)33(51)46-29(21-23-11-13-24(48)14-12-23)34(52)43-26(15-19-56-3)32(50)44-27(9-6-17-42-37(40)41)35(53)47-18-7-10-30(47)36(54)55/h11-14,22,25-30,48H,4-10,15-21,38-39H2,1-3H3,(H,43,52)(H,44,50)(H,45,49)(H,46,51)(H,54,55)(H4,40,41,42)/t25-,26-,27-,28-,29-,30-/m0/s1. The molecule has 5 amide bonds. The molecule has 1 aliphatic rings. The maximum atomic E-state index is 14.1. The average molecular weight is 807 g/mol. The van der Waals surface area contributed by atoms with Crippen molar-refractivity contribution in [2.45, 2.75) is 114 Å². The number of nitrogens with two attached hydrogens (primary N) is 4. The number of hydrogen-bond acceptors (Lipinski definition) is 11. The van der Waals surface area contributed by atoms with Crippen LogP contribution in [0.3, 0.4) is 0 Å². The minimum Gasteiger partial charge on any atom is -0.508 e. The number of hydrogen-bond donors (Lipinski definition) is 10. The molecule has 1 fully saturated rings. The number of carboxylic acids is 1. The predicted molar refractivity (Wildman–Crippen MR) is 215 cm³/mol. The summed E-state index contributed by atoms with van der Waals surface area (Å²) in [5.74, 6) is -3.97. The first kappa shape index (κ1) is 47.5. The van der Waals surface area contributed by atoms with E-state index < -0.39 is 71.8 Å². The number of nitrogens with one attached hydrogen (secondary N) is 4. The molecule has 1 heterocycles. The van der Waals surface area contributed by atoms with Gasteiger partial charge in [0.1, 0.15) is 36.0 Å². The Balaban J connectivity index is 2.38. The topological polar surface area (TPSA) is 311 Å². The molecule has 0 aliphatic carbocycles. The highest BCUT2D eigenvalue weighted by atomic mass is 32.2.